The molecule has 2 aliphatic heterocycles. The summed E-state index contributed by atoms with van der Waals surface area (Å²) in [5.41, 5.74) is -0.448. The van der Waals surface area contributed by atoms with E-state index in [0.717, 1.165) is 37.7 Å². The second-order valence-corrected chi connectivity index (χ2v) is 14.2. The zero-order chi connectivity index (χ0) is 36.0. The van der Waals surface area contributed by atoms with Gasteiger partial charge in [0.15, 0.2) is 11.9 Å². The van der Waals surface area contributed by atoms with Crippen LogP contribution in [0, 0.1) is 5.92 Å². The van der Waals surface area contributed by atoms with Crippen LogP contribution < -0.4 is 16.0 Å². The van der Waals surface area contributed by atoms with Gasteiger partial charge in [-0.25, -0.2) is 0 Å². The molecule has 49 heavy (non-hydrogen) atoms. The number of carbonyl (C=O) groups excluding carboxylic acids is 6. The van der Waals surface area contributed by atoms with Crippen LogP contribution in [0.2, 0.25) is 0 Å². The number of carbonyl (C=O) groups is 6. The smallest absolute Gasteiger partial charge is 0.306 e. The minimum absolute atomic E-state index is 0.0658. The van der Waals surface area contributed by atoms with Gasteiger partial charge in [-0.2, -0.15) is 0 Å². The highest BCUT2D eigenvalue weighted by Crippen LogP contribution is 2.26. The highest BCUT2D eigenvalue weighted by molar-refractivity contribution is 5.99. The molecule has 2 saturated heterocycles. The molecule has 4 amide bonds. The van der Waals surface area contributed by atoms with Crippen LogP contribution in [0.1, 0.15) is 124 Å². The van der Waals surface area contributed by atoms with Gasteiger partial charge in [0.05, 0.1) is 0 Å². The number of unbranched alkanes of at least 4 members (excludes halogenated alkanes) is 6. The van der Waals surface area contributed by atoms with Crippen LogP contribution in [0.3, 0.4) is 0 Å². The molecule has 3 rings (SSSR count). The number of hydrogen-bond acceptors (Lipinski definition) is 7. The lowest BCUT2D eigenvalue weighted by Crippen LogP contribution is -2.65. The number of esters is 1. The number of hydrogen-bond donors (Lipinski definition) is 3. The molecule has 0 saturated carbocycles. The number of nitrogens with zero attached hydrogens (tertiary/aromatic N) is 1. The average molecular weight is 683 g/mol. The molecular formula is C38H58N4O7. The minimum Gasteiger partial charge on any atom is -0.455 e. The largest absolute Gasteiger partial charge is 0.455 e. The predicted molar refractivity (Wildman–Crippen MR) is 187 cm³/mol. The lowest BCUT2D eigenvalue weighted by atomic mass is 9.94. The van der Waals surface area contributed by atoms with Crippen molar-refractivity contribution < 1.29 is 33.5 Å². The quantitative estimate of drug-likeness (QED) is 0.161. The van der Waals surface area contributed by atoms with Crippen molar-refractivity contribution in [1.29, 1.82) is 0 Å². The number of amides is 4. The fraction of sp³-hybridized carbons (Fsp3) is 0.684. The van der Waals surface area contributed by atoms with Crippen molar-refractivity contribution in [2.75, 3.05) is 6.54 Å². The third kappa shape index (κ3) is 12.0. The zero-order valence-electron chi connectivity index (χ0n) is 30.2. The Balaban J connectivity index is 1.63. The molecule has 11 heteroatoms. The molecule has 2 heterocycles. The van der Waals surface area contributed by atoms with E-state index in [1.807, 2.05) is 37.3 Å². The van der Waals surface area contributed by atoms with Gasteiger partial charge in [0.25, 0.3) is 0 Å². The predicted octanol–water partition coefficient (Wildman–Crippen LogP) is 4.55. The Kier molecular flexibility index (Phi) is 15.7. The number of benzene rings is 1. The van der Waals surface area contributed by atoms with E-state index in [4.69, 9.17) is 4.74 Å². The van der Waals surface area contributed by atoms with E-state index >= 15 is 0 Å². The van der Waals surface area contributed by atoms with Gasteiger partial charge in [-0.1, -0.05) is 89.6 Å². The second kappa shape index (κ2) is 19.4. The first-order chi connectivity index (χ1) is 23.4. The van der Waals surface area contributed by atoms with Crippen LogP contribution in [0.4, 0.5) is 0 Å². The van der Waals surface area contributed by atoms with Crippen LogP contribution in [-0.2, 0) is 39.9 Å². The van der Waals surface area contributed by atoms with Gasteiger partial charge < -0.3 is 25.6 Å². The molecule has 0 aliphatic carbocycles. The van der Waals surface area contributed by atoms with Crippen molar-refractivity contribution in [2.24, 2.45) is 5.92 Å². The SMILES string of the molecule is CCCCCCCC(=O)O[C@H](C)C(=O)CCCCC[C@@H]1NC(=O)[C@H]2C[C@H](C)CN2C(=O)[C@H](Cc2ccccc2)NC(=O)[C@](C)(CC)NC1=O. The van der Waals surface area contributed by atoms with Crippen LogP contribution >= 0.6 is 0 Å². The van der Waals surface area contributed by atoms with Crippen molar-refractivity contribution >= 4 is 35.4 Å². The molecule has 0 spiro atoms. The standard InChI is InChI=1S/C38H58N4O7/c1-6-8-9-10-17-22-33(44)49-27(4)32(43)21-16-12-15-20-29-34(45)41-38(5,7-2)37(48)40-30(24-28-18-13-11-14-19-28)36(47)42-25-26(3)23-31(42)35(46)39-29/h11,13-14,18-19,26-27,29-31H,6-10,12,15-17,20-25H2,1-5H3,(H,39,46)(H,40,48)(H,41,45)/t26-,27+,29-,30-,31+,38-/m0/s1. The topological polar surface area (TPSA) is 151 Å². The van der Waals surface area contributed by atoms with Crippen LogP contribution in [0.15, 0.2) is 30.3 Å². The van der Waals surface area contributed by atoms with Crippen LogP contribution in [0.25, 0.3) is 0 Å². The maximum atomic E-state index is 14.0. The van der Waals surface area contributed by atoms with E-state index in [9.17, 15) is 28.8 Å². The summed E-state index contributed by atoms with van der Waals surface area (Å²) in [5, 5.41) is 8.70. The van der Waals surface area contributed by atoms with E-state index in [1.54, 1.807) is 25.7 Å². The summed E-state index contributed by atoms with van der Waals surface area (Å²) < 4.78 is 5.34. The summed E-state index contributed by atoms with van der Waals surface area (Å²) in [4.78, 5) is 81.4. The normalized spacial score (nSPS) is 25.3. The van der Waals surface area contributed by atoms with Gasteiger partial charge in [0.1, 0.15) is 23.7 Å². The fourth-order valence-electron chi connectivity index (χ4n) is 6.53. The number of ether oxygens (including phenoxy) is 1. The number of ketones is 1. The average Bonchev–Trinajstić information content (AvgIpc) is 3.48. The van der Waals surface area contributed by atoms with E-state index in [0.29, 0.717) is 45.1 Å². The Morgan fingerprint density at radius 1 is 0.898 bits per heavy atom. The zero-order valence-corrected chi connectivity index (χ0v) is 30.2. The highest BCUT2D eigenvalue weighted by atomic mass is 16.5. The first-order valence-corrected chi connectivity index (χ1v) is 18.4. The summed E-state index contributed by atoms with van der Waals surface area (Å²) in [6, 6.07) is 6.81. The molecule has 272 valence electrons. The third-order valence-corrected chi connectivity index (χ3v) is 9.88. The van der Waals surface area contributed by atoms with Crippen LogP contribution in [0.5, 0.6) is 0 Å². The maximum Gasteiger partial charge on any atom is 0.306 e. The molecule has 11 nitrogen and oxygen atoms in total. The van der Waals surface area contributed by atoms with Crippen molar-refractivity contribution in [3.05, 3.63) is 35.9 Å². The Morgan fingerprint density at radius 3 is 2.27 bits per heavy atom. The molecule has 0 bridgehead atoms. The number of nitrogens with one attached hydrogen (secondary N) is 3. The van der Waals surface area contributed by atoms with E-state index in [2.05, 4.69) is 22.9 Å². The van der Waals surface area contributed by atoms with Gasteiger partial charge >= 0.3 is 5.97 Å². The molecule has 1 aromatic carbocycles. The minimum atomic E-state index is -1.32. The lowest BCUT2D eigenvalue weighted by molar-refractivity contribution is -0.154. The Labute approximate surface area is 292 Å². The lowest BCUT2D eigenvalue weighted by Gasteiger charge is -2.36. The molecule has 6 atom stereocenters. The molecule has 0 unspecified atom stereocenters. The van der Waals surface area contributed by atoms with E-state index in [1.165, 1.54) is 0 Å². The summed E-state index contributed by atoms with van der Waals surface area (Å²) in [6.07, 6.45) is 7.81. The number of fused-ring (bicyclic) bond motifs is 1. The number of rotatable bonds is 17. The Bertz CT molecular complexity index is 1290. The van der Waals surface area contributed by atoms with E-state index < -0.39 is 47.5 Å². The first-order valence-electron chi connectivity index (χ1n) is 18.4. The van der Waals surface area contributed by atoms with E-state index in [-0.39, 0.29) is 42.8 Å². The summed E-state index contributed by atoms with van der Waals surface area (Å²) in [6.45, 7) is 9.50. The molecule has 0 aromatic heterocycles. The van der Waals surface area contributed by atoms with Crippen molar-refractivity contribution in [3.63, 3.8) is 0 Å². The maximum absolute atomic E-state index is 14.0. The molecular weight excluding hydrogens is 624 g/mol. The summed E-state index contributed by atoms with van der Waals surface area (Å²) >= 11 is 0. The second-order valence-electron chi connectivity index (χ2n) is 14.2. The molecule has 0 radical (unpaired) electrons. The number of Topliss-reactive ketones (excluding diaryl/α,β-unsaturated/α-hetero) is 1. The van der Waals surface area contributed by atoms with Gasteiger partial charge in [0.2, 0.25) is 23.6 Å². The van der Waals surface area contributed by atoms with Crippen molar-refractivity contribution in [2.45, 2.75) is 154 Å². The Morgan fingerprint density at radius 2 is 1.57 bits per heavy atom. The fourth-order valence-corrected chi connectivity index (χ4v) is 6.53. The summed E-state index contributed by atoms with van der Waals surface area (Å²) in [7, 11) is 0. The molecule has 1 aromatic rings. The molecule has 2 fully saturated rings. The molecule has 2 aliphatic rings. The Hall–Kier alpha value is -3.76. The third-order valence-electron chi connectivity index (χ3n) is 9.88. The monoisotopic (exact) mass is 682 g/mol. The van der Waals surface area contributed by atoms with Crippen molar-refractivity contribution in [3.8, 4) is 0 Å². The highest BCUT2D eigenvalue weighted by Gasteiger charge is 2.44. The first kappa shape index (κ1) is 39.7. The van der Waals surface area contributed by atoms with Gasteiger partial charge in [0, 0.05) is 25.8 Å². The molecule has 3 N–H and O–H groups in total. The van der Waals surface area contributed by atoms with Gasteiger partial charge in [-0.3, -0.25) is 28.8 Å². The van der Waals surface area contributed by atoms with Gasteiger partial charge in [-0.05, 0) is 57.4 Å². The van der Waals surface area contributed by atoms with Crippen LogP contribution in [-0.4, -0.2) is 76.6 Å². The van der Waals surface area contributed by atoms with Gasteiger partial charge in [-0.15, -0.1) is 0 Å². The summed E-state index contributed by atoms with van der Waals surface area (Å²) in [5.74, 6) is -2.07. The van der Waals surface area contributed by atoms with Crippen molar-refractivity contribution in [1.82, 2.24) is 20.9 Å².